The highest BCUT2D eigenvalue weighted by Gasteiger charge is 2.00. The molecule has 1 amide bonds. The standard InChI is InChI=1S/C9H14N2O/c1-4-8-11(3)9(12)6-5-7-10-2/h1,5-6,10H,7-8H2,2-3H3/b6-5+. The molecular formula is C9H14N2O. The molecule has 0 unspecified atom stereocenters. The monoisotopic (exact) mass is 166 g/mol. The van der Waals surface area contributed by atoms with E-state index in [1.165, 1.54) is 11.0 Å². The van der Waals surface area contributed by atoms with Crippen molar-refractivity contribution in [2.45, 2.75) is 0 Å². The zero-order valence-electron chi connectivity index (χ0n) is 7.50. The average molecular weight is 166 g/mol. The molecule has 0 radical (unpaired) electrons. The van der Waals surface area contributed by atoms with Gasteiger partial charge in [-0.05, 0) is 7.05 Å². The molecule has 0 bridgehead atoms. The van der Waals surface area contributed by atoms with Crippen LogP contribution in [-0.4, -0.2) is 38.0 Å². The number of rotatable bonds is 4. The number of carbonyl (C=O) groups excluding carboxylic acids is 1. The Hall–Kier alpha value is -1.27. The summed E-state index contributed by atoms with van der Waals surface area (Å²) in [6.07, 6.45) is 8.31. The Kier molecular flexibility index (Phi) is 5.76. The molecule has 3 heteroatoms. The molecule has 12 heavy (non-hydrogen) atoms. The number of amides is 1. The van der Waals surface area contributed by atoms with Crippen molar-refractivity contribution in [3.05, 3.63) is 12.2 Å². The molecule has 0 aliphatic rings. The summed E-state index contributed by atoms with van der Waals surface area (Å²) in [6, 6.07) is 0. The lowest BCUT2D eigenvalue weighted by atomic mass is 10.4. The van der Waals surface area contributed by atoms with E-state index in [2.05, 4.69) is 11.2 Å². The van der Waals surface area contributed by atoms with E-state index >= 15 is 0 Å². The molecule has 0 atom stereocenters. The van der Waals surface area contributed by atoms with Gasteiger partial charge in [0.15, 0.2) is 0 Å². The Bertz CT molecular complexity index is 203. The van der Waals surface area contributed by atoms with Gasteiger partial charge in [-0.3, -0.25) is 4.79 Å². The van der Waals surface area contributed by atoms with Crippen LogP contribution in [0.1, 0.15) is 0 Å². The fraction of sp³-hybridized carbons (Fsp3) is 0.444. The molecule has 0 saturated heterocycles. The first kappa shape index (κ1) is 10.7. The molecule has 0 aromatic carbocycles. The van der Waals surface area contributed by atoms with Gasteiger partial charge in [0.05, 0.1) is 6.54 Å². The Morgan fingerprint density at radius 2 is 2.42 bits per heavy atom. The second kappa shape index (κ2) is 6.44. The van der Waals surface area contributed by atoms with Crippen LogP contribution in [0.25, 0.3) is 0 Å². The first-order valence-electron chi connectivity index (χ1n) is 3.72. The molecule has 66 valence electrons. The maximum atomic E-state index is 11.1. The van der Waals surface area contributed by atoms with E-state index in [9.17, 15) is 4.79 Å². The number of nitrogens with zero attached hydrogens (tertiary/aromatic N) is 1. The van der Waals surface area contributed by atoms with Crippen LogP contribution < -0.4 is 5.32 Å². The van der Waals surface area contributed by atoms with Crippen molar-refractivity contribution in [1.82, 2.24) is 10.2 Å². The van der Waals surface area contributed by atoms with E-state index in [0.717, 1.165) is 0 Å². The molecule has 0 aliphatic carbocycles. The fourth-order valence-electron chi connectivity index (χ4n) is 0.620. The average Bonchev–Trinajstić information content (AvgIpc) is 2.05. The summed E-state index contributed by atoms with van der Waals surface area (Å²) >= 11 is 0. The molecule has 0 rings (SSSR count). The van der Waals surface area contributed by atoms with Crippen molar-refractivity contribution in [1.29, 1.82) is 0 Å². The van der Waals surface area contributed by atoms with E-state index in [-0.39, 0.29) is 5.91 Å². The van der Waals surface area contributed by atoms with Crippen LogP contribution >= 0.6 is 0 Å². The molecule has 3 nitrogen and oxygen atoms in total. The highest BCUT2D eigenvalue weighted by atomic mass is 16.2. The molecule has 0 fully saturated rings. The minimum Gasteiger partial charge on any atom is -0.331 e. The largest absolute Gasteiger partial charge is 0.331 e. The lowest BCUT2D eigenvalue weighted by Crippen LogP contribution is -2.25. The Morgan fingerprint density at radius 1 is 1.75 bits per heavy atom. The molecule has 0 aromatic heterocycles. The number of hydrogen-bond acceptors (Lipinski definition) is 2. The predicted molar refractivity (Wildman–Crippen MR) is 49.5 cm³/mol. The summed E-state index contributed by atoms with van der Waals surface area (Å²) < 4.78 is 0. The van der Waals surface area contributed by atoms with Crippen LogP contribution in [0.15, 0.2) is 12.2 Å². The highest BCUT2D eigenvalue weighted by molar-refractivity contribution is 5.87. The maximum absolute atomic E-state index is 11.1. The lowest BCUT2D eigenvalue weighted by molar-refractivity contribution is -0.124. The van der Waals surface area contributed by atoms with Crippen LogP contribution in [0, 0.1) is 12.3 Å². The van der Waals surface area contributed by atoms with Crippen molar-refractivity contribution < 1.29 is 4.79 Å². The molecular weight excluding hydrogens is 152 g/mol. The van der Waals surface area contributed by atoms with Gasteiger partial charge in [-0.2, -0.15) is 0 Å². The Labute approximate surface area is 73.4 Å². The fourth-order valence-corrected chi connectivity index (χ4v) is 0.620. The zero-order valence-corrected chi connectivity index (χ0v) is 7.50. The van der Waals surface area contributed by atoms with Crippen LogP contribution in [0.5, 0.6) is 0 Å². The van der Waals surface area contributed by atoms with Gasteiger partial charge in [0.1, 0.15) is 0 Å². The highest BCUT2D eigenvalue weighted by Crippen LogP contribution is 1.84. The van der Waals surface area contributed by atoms with E-state index in [0.29, 0.717) is 13.1 Å². The molecule has 1 N–H and O–H groups in total. The summed E-state index contributed by atoms with van der Waals surface area (Å²) in [4.78, 5) is 12.6. The summed E-state index contributed by atoms with van der Waals surface area (Å²) in [7, 11) is 3.49. The van der Waals surface area contributed by atoms with Gasteiger partial charge in [0.25, 0.3) is 0 Å². The van der Waals surface area contributed by atoms with Gasteiger partial charge < -0.3 is 10.2 Å². The van der Waals surface area contributed by atoms with Gasteiger partial charge in [0, 0.05) is 19.7 Å². The van der Waals surface area contributed by atoms with Crippen molar-refractivity contribution in [3.8, 4) is 12.3 Å². The van der Waals surface area contributed by atoms with Crippen LogP contribution in [0.2, 0.25) is 0 Å². The molecule has 0 saturated carbocycles. The van der Waals surface area contributed by atoms with Gasteiger partial charge in [-0.25, -0.2) is 0 Å². The number of hydrogen-bond donors (Lipinski definition) is 1. The Balaban J connectivity index is 3.79. The molecule has 0 spiro atoms. The molecule has 0 heterocycles. The number of terminal acetylenes is 1. The third kappa shape index (κ3) is 4.53. The maximum Gasteiger partial charge on any atom is 0.246 e. The zero-order chi connectivity index (χ0) is 9.40. The summed E-state index contributed by atoms with van der Waals surface area (Å²) in [5, 5.41) is 2.90. The minimum atomic E-state index is -0.0665. The third-order valence-corrected chi connectivity index (χ3v) is 1.29. The van der Waals surface area contributed by atoms with Crippen LogP contribution in [-0.2, 0) is 4.79 Å². The van der Waals surface area contributed by atoms with Crippen molar-refractivity contribution in [3.63, 3.8) is 0 Å². The normalized spacial score (nSPS) is 9.75. The second-order valence-electron chi connectivity index (χ2n) is 2.36. The van der Waals surface area contributed by atoms with Crippen LogP contribution in [0.3, 0.4) is 0 Å². The van der Waals surface area contributed by atoms with Gasteiger partial charge in [-0.1, -0.05) is 12.0 Å². The van der Waals surface area contributed by atoms with Crippen molar-refractivity contribution in [2.24, 2.45) is 0 Å². The second-order valence-corrected chi connectivity index (χ2v) is 2.36. The lowest BCUT2D eigenvalue weighted by Gasteiger charge is -2.09. The third-order valence-electron chi connectivity index (χ3n) is 1.29. The van der Waals surface area contributed by atoms with E-state index in [1.807, 2.05) is 7.05 Å². The molecule has 0 aliphatic heterocycles. The Morgan fingerprint density at radius 3 is 2.92 bits per heavy atom. The summed E-state index contributed by atoms with van der Waals surface area (Å²) in [5.74, 6) is 2.33. The quantitative estimate of drug-likeness (QED) is 0.465. The van der Waals surface area contributed by atoms with Crippen molar-refractivity contribution >= 4 is 5.91 Å². The van der Waals surface area contributed by atoms with E-state index < -0.39 is 0 Å². The van der Waals surface area contributed by atoms with E-state index in [4.69, 9.17) is 6.42 Å². The topological polar surface area (TPSA) is 32.3 Å². The van der Waals surface area contributed by atoms with E-state index in [1.54, 1.807) is 13.1 Å². The molecule has 0 aromatic rings. The number of nitrogens with one attached hydrogen (secondary N) is 1. The summed E-state index contributed by atoms with van der Waals surface area (Å²) in [5.41, 5.74) is 0. The smallest absolute Gasteiger partial charge is 0.246 e. The first-order chi connectivity index (χ1) is 5.72. The SMILES string of the molecule is C#CCN(C)C(=O)/C=C/CNC. The minimum absolute atomic E-state index is 0.0665. The number of carbonyl (C=O) groups is 1. The van der Waals surface area contributed by atoms with Crippen LogP contribution in [0.4, 0.5) is 0 Å². The predicted octanol–water partition coefficient (Wildman–Crippen LogP) is -0.146. The van der Waals surface area contributed by atoms with Gasteiger partial charge in [0.2, 0.25) is 5.91 Å². The van der Waals surface area contributed by atoms with Crippen molar-refractivity contribution in [2.75, 3.05) is 27.2 Å². The van der Waals surface area contributed by atoms with Gasteiger partial charge >= 0.3 is 0 Å². The first-order valence-corrected chi connectivity index (χ1v) is 3.72. The summed E-state index contributed by atoms with van der Waals surface area (Å²) in [6.45, 7) is 1.04. The van der Waals surface area contributed by atoms with Gasteiger partial charge in [-0.15, -0.1) is 6.42 Å². The number of likely N-dealkylation sites (N-methyl/N-ethyl adjacent to an activating group) is 2.